The van der Waals surface area contributed by atoms with Crippen molar-refractivity contribution in [1.82, 2.24) is 5.32 Å². The molecule has 0 aromatic heterocycles. The third-order valence-electron chi connectivity index (χ3n) is 5.55. The van der Waals surface area contributed by atoms with E-state index >= 15 is 0 Å². The van der Waals surface area contributed by atoms with Crippen LogP contribution in [0.5, 0.6) is 0 Å². The normalized spacial score (nSPS) is 17.6. The fourth-order valence-electron chi connectivity index (χ4n) is 3.42. The second-order valence-electron chi connectivity index (χ2n) is 7.84. The molecule has 1 aliphatic heterocycles. The van der Waals surface area contributed by atoms with Gasteiger partial charge in [0.05, 0.1) is 9.79 Å². The van der Waals surface area contributed by atoms with Gasteiger partial charge in [-0.15, -0.1) is 0 Å². The van der Waals surface area contributed by atoms with E-state index in [4.69, 9.17) is 4.55 Å². The van der Waals surface area contributed by atoms with Gasteiger partial charge >= 0.3 is 0 Å². The predicted octanol–water partition coefficient (Wildman–Crippen LogP) is 3.29. The Labute approximate surface area is 173 Å². The van der Waals surface area contributed by atoms with Crippen LogP contribution in [0.15, 0.2) is 52.3 Å². The van der Waals surface area contributed by atoms with E-state index in [0.29, 0.717) is 16.7 Å². The van der Waals surface area contributed by atoms with Gasteiger partial charge < -0.3 is 5.32 Å². The van der Waals surface area contributed by atoms with Crippen molar-refractivity contribution >= 4 is 20.0 Å². The van der Waals surface area contributed by atoms with E-state index in [1.807, 2.05) is 19.1 Å². The van der Waals surface area contributed by atoms with Crippen molar-refractivity contribution in [2.45, 2.75) is 47.8 Å². The molecule has 29 heavy (non-hydrogen) atoms. The van der Waals surface area contributed by atoms with Crippen molar-refractivity contribution in [2.75, 3.05) is 19.3 Å². The van der Waals surface area contributed by atoms with Gasteiger partial charge in [-0.1, -0.05) is 36.2 Å². The fraction of sp³-hybridized carbons (Fsp3) is 0.429. The lowest BCUT2D eigenvalue weighted by atomic mass is 9.79. The molecule has 0 bridgehead atoms. The molecule has 0 unspecified atom stereocenters. The molecule has 4 rings (SSSR count). The summed E-state index contributed by atoms with van der Waals surface area (Å²) in [5, 5.41) is 3.23. The SMILES string of the molecule is CS(=O)(=O)c1cc(C2CNC2)ccc1C1CCC1.Cc1ccc(S(=O)(=O)O)cc1. The molecule has 2 N–H and O–H groups in total. The minimum atomic E-state index is -4.02. The topological polar surface area (TPSA) is 101 Å². The van der Waals surface area contributed by atoms with Gasteiger partial charge in [0, 0.05) is 25.3 Å². The molecule has 0 amide bonds. The first-order valence-corrected chi connectivity index (χ1v) is 13.0. The van der Waals surface area contributed by atoms with Crippen molar-refractivity contribution in [3.05, 3.63) is 59.2 Å². The first-order chi connectivity index (χ1) is 13.6. The average Bonchev–Trinajstić information content (AvgIpc) is 2.52. The molecule has 1 saturated carbocycles. The van der Waals surface area contributed by atoms with E-state index in [1.165, 1.54) is 24.8 Å². The van der Waals surface area contributed by atoms with Gasteiger partial charge in [0.1, 0.15) is 0 Å². The third-order valence-corrected chi connectivity index (χ3v) is 7.57. The van der Waals surface area contributed by atoms with E-state index in [1.54, 1.807) is 12.1 Å². The highest BCUT2D eigenvalue weighted by Crippen LogP contribution is 2.40. The van der Waals surface area contributed by atoms with Crippen molar-refractivity contribution in [3.63, 3.8) is 0 Å². The highest BCUT2D eigenvalue weighted by molar-refractivity contribution is 7.90. The summed E-state index contributed by atoms with van der Waals surface area (Å²) in [6, 6.07) is 12.1. The summed E-state index contributed by atoms with van der Waals surface area (Å²) in [5.74, 6) is 0.948. The minimum absolute atomic E-state index is 0.0666. The summed E-state index contributed by atoms with van der Waals surface area (Å²) < 4.78 is 53.5. The van der Waals surface area contributed by atoms with Gasteiger partial charge in [0.2, 0.25) is 0 Å². The van der Waals surface area contributed by atoms with Crippen LogP contribution in [0.4, 0.5) is 0 Å². The molecular formula is C21H27NO5S2. The molecule has 8 heteroatoms. The Morgan fingerprint density at radius 2 is 1.55 bits per heavy atom. The second kappa shape index (κ2) is 8.55. The molecule has 2 aromatic carbocycles. The maximum absolute atomic E-state index is 12.0. The largest absolute Gasteiger partial charge is 0.315 e. The number of nitrogens with one attached hydrogen (secondary N) is 1. The zero-order valence-corrected chi connectivity index (χ0v) is 18.3. The highest BCUT2D eigenvalue weighted by Gasteiger charge is 2.27. The Morgan fingerprint density at radius 1 is 0.931 bits per heavy atom. The Morgan fingerprint density at radius 3 is 1.97 bits per heavy atom. The van der Waals surface area contributed by atoms with Gasteiger partial charge in [0.25, 0.3) is 10.1 Å². The maximum Gasteiger partial charge on any atom is 0.294 e. The number of aryl methyl sites for hydroxylation is 1. The van der Waals surface area contributed by atoms with Crippen molar-refractivity contribution in [2.24, 2.45) is 0 Å². The molecule has 6 nitrogen and oxygen atoms in total. The van der Waals surface area contributed by atoms with Gasteiger partial charge in [-0.3, -0.25) is 4.55 Å². The predicted molar refractivity (Wildman–Crippen MR) is 113 cm³/mol. The summed E-state index contributed by atoms with van der Waals surface area (Å²) in [4.78, 5) is 0.500. The van der Waals surface area contributed by atoms with Crippen LogP contribution in [0.2, 0.25) is 0 Å². The van der Waals surface area contributed by atoms with Crippen LogP contribution in [-0.4, -0.2) is 40.7 Å². The average molecular weight is 438 g/mol. The summed E-state index contributed by atoms with van der Waals surface area (Å²) in [5.41, 5.74) is 3.16. The Hall–Kier alpha value is -1.74. The van der Waals surface area contributed by atoms with Gasteiger partial charge in [-0.2, -0.15) is 8.42 Å². The second-order valence-corrected chi connectivity index (χ2v) is 11.2. The van der Waals surface area contributed by atoms with E-state index in [-0.39, 0.29) is 4.90 Å². The lowest BCUT2D eigenvalue weighted by Gasteiger charge is -2.31. The quantitative estimate of drug-likeness (QED) is 0.712. The smallest absolute Gasteiger partial charge is 0.294 e. The zero-order valence-electron chi connectivity index (χ0n) is 16.6. The zero-order chi connectivity index (χ0) is 21.2. The molecule has 158 valence electrons. The van der Waals surface area contributed by atoms with Crippen LogP contribution in [0.3, 0.4) is 0 Å². The van der Waals surface area contributed by atoms with Gasteiger partial charge in [-0.25, -0.2) is 8.42 Å². The van der Waals surface area contributed by atoms with Crippen LogP contribution in [0.1, 0.15) is 47.8 Å². The summed E-state index contributed by atoms with van der Waals surface area (Å²) in [6.45, 7) is 3.77. The Bertz CT molecular complexity index is 1070. The van der Waals surface area contributed by atoms with Crippen LogP contribution >= 0.6 is 0 Å². The van der Waals surface area contributed by atoms with Crippen molar-refractivity contribution in [1.29, 1.82) is 0 Å². The number of hydrogen-bond acceptors (Lipinski definition) is 5. The third kappa shape index (κ3) is 5.45. The summed E-state index contributed by atoms with van der Waals surface area (Å²) in [7, 11) is -7.13. The van der Waals surface area contributed by atoms with Crippen molar-refractivity contribution < 1.29 is 21.4 Å². The molecule has 0 radical (unpaired) electrons. The van der Waals surface area contributed by atoms with Gasteiger partial charge in [-0.05, 0) is 55.0 Å². The minimum Gasteiger partial charge on any atom is -0.315 e. The molecule has 1 saturated heterocycles. The van der Waals surface area contributed by atoms with Gasteiger partial charge in [0.15, 0.2) is 9.84 Å². The molecule has 0 spiro atoms. The molecule has 1 aliphatic carbocycles. The lowest BCUT2D eigenvalue weighted by molar-refractivity contribution is 0.412. The molecule has 2 aromatic rings. The van der Waals surface area contributed by atoms with E-state index in [0.717, 1.165) is 42.6 Å². The first kappa shape index (κ1) is 22.0. The first-order valence-electron chi connectivity index (χ1n) is 9.64. The molecule has 2 fully saturated rings. The monoisotopic (exact) mass is 437 g/mol. The maximum atomic E-state index is 12.0. The lowest BCUT2D eigenvalue weighted by Crippen LogP contribution is -2.39. The van der Waals surface area contributed by atoms with Crippen LogP contribution in [0.25, 0.3) is 0 Å². The molecule has 0 atom stereocenters. The van der Waals surface area contributed by atoms with Crippen molar-refractivity contribution in [3.8, 4) is 0 Å². The van der Waals surface area contributed by atoms with E-state index < -0.39 is 20.0 Å². The number of rotatable bonds is 4. The van der Waals surface area contributed by atoms with Crippen LogP contribution in [-0.2, 0) is 20.0 Å². The molecule has 1 heterocycles. The van der Waals surface area contributed by atoms with E-state index in [9.17, 15) is 16.8 Å². The highest BCUT2D eigenvalue weighted by atomic mass is 32.2. The fourth-order valence-corrected chi connectivity index (χ4v) is 4.91. The number of benzene rings is 2. The Balaban J connectivity index is 0.000000188. The summed E-state index contributed by atoms with van der Waals surface area (Å²) >= 11 is 0. The molecule has 2 aliphatic rings. The molecular weight excluding hydrogens is 410 g/mol. The van der Waals surface area contributed by atoms with Crippen LogP contribution in [0, 0.1) is 6.92 Å². The summed E-state index contributed by atoms with van der Waals surface area (Å²) in [6.07, 6.45) is 4.81. The van der Waals surface area contributed by atoms with Crippen LogP contribution < -0.4 is 5.32 Å². The standard InChI is InChI=1S/C14H19NO2S.C7H8O3S/c1-18(16,17)14-7-11(12-8-15-9-12)5-6-13(14)10-3-2-4-10;1-6-2-4-7(5-3-6)11(8,9)10/h5-7,10,12,15H,2-4,8-9H2,1H3;2-5H,1H3,(H,8,9,10). The number of sulfone groups is 1. The Kier molecular flexibility index (Phi) is 6.48. The number of hydrogen-bond donors (Lipinski definition) is 2. The van der Waals surface area contributed by atoms with E-state index in [2.05, 4.69) is 11.4 Å².